The molecule has 0 fully saturated rings. The first-order valence-electron chi connectivity index (χ1n) is 12.0. The predicted molar refractivity (Wildman–Crippen MR) is 155 cm³/mol. The number of amides is 1. The van der Waals surface area contributed by atoms with Crippen LogP contribution >= 0.6 is 23.4 Å². The van der Waals surface area contributed by atoms with E-state index in [9.17, 15) is 20.0 Å². The first-order valence-corrected chi connectivity index (χ1v) is 13.4. The average Bonchev–Trinajstić information content (AvgIpc) is 2.97. The van der Waals surface area contributed by atoms with Gasteiger partial charge in [0.15, 0.2) is 0 Å². The minimum Gasteiger partial charge on any atom is -0.497 e. The van der Waals surface area contributed by atoms with Gasteiger partial charge in [-0.25, -0.2) is 9.78 Å². The second-order valence-corrected chi connectivity index (χ2v) is 9.92. The van der Waals surface area contributed by atoms with Crippen molar-refractivity contribution >= 4 is 40.9 Å². The summed E-state index contributed by atoms with van der Waals surface area (Å²) in [6, 6.07) is 23.2. The van der Waals surface area contributed by atoms with Crippen LogP contribution in [0, 0.1) is 11.3 Å². The van der Waals surface area contributed by atoms with Crippen molar-refractivity contribution in [3.8, 4) is 40.0 Å². The molecule has 40 heavy (non-hydrogen) atoms. The Morgan fingerprint density at radius 1 is 1.02 bits per heavy atom. The number of nitrogens with one attached hydrogen (secondary N) is 1. The molecule has 3 aromatic carbocycles. The Hall–Kier alpha value is -4.52. The number of halogens is 1. The van der Waals surface area contributed by atoms with Gasteiger partial charge in [-0.1, -0.05) is 41.9 Å². The number of nitrogens with zero attached hydrogens (tertiary/aromatic N) is 2. The van der Waals surface area contributed by atoms with Crippen molar-refractivity contribution < 1.29 is 24.2 Å². The van der Waals surface area contributed by atoms with E-state index >= 15 is 0 Å². The van der Waals surface area contributed by atoms with E-state index in [1.54, 1.807) is 32.4 Å². The number of carboxylic acid groups (broad SMARTS) is 1. The van der Waals surface area contributed by atoms with Gasteiger partial charge in [0.1, 0.15) is 22.6 Å². The van der Waals surface area contributed by atoms with Gasteiger partial charge >= 0.3 is 5.97 Å². The van der Waals surface area contributed by atoms with Crippen LogP contribution in [0.2, 0.25) is 5.02 Å². The fourth-order valence-electron chi connectivity index (χ4n) is 3.94. The molecule has 0 aliphatic heterocycles. The summed E-state index contributed by atoms with van der Waals surface area (Å²) in [7, 11) is 3.12. The largest absolute Gasteiger partial charge is 0.497 e. The standard InChI is InChI=1S/C30H24ClN3O5S/c1-38-20-9-11-27(39-2)22(15-20)21-16-25(18-6-4-3-5-7-18)34-29(23(21)17-32)40-13-12-28(35)33-26-14-19(30(36)37)8-10-24(26)31/h3-11,14-16H,12-13H2,1-2H3,(H,33,35)(H,36,37). The van der Waals surface area contributed by atoms with Gasteiger partial charge in [-0.3, -0.25) is 4.79 Å². The van der Waals surface area contributed by atoms with Gasteiger partial charge in [-0.15, -0.1) is 11.8 Å². The highest BCUT2D eigenvalue weighted by Crippen LogP contribution is 2.40. The summed E-state index contributed by atoms with van der Waals surface area (Å²) in [4.78, 5) is 28.7. The number of methoxy groups -OCH3 is 2. The fraction of sp³-hybridized carbons (Fsp3) is 0.133. The number of hydrogen-bond acceptors (Lipinski definition) is 7. The van der Waals surface area contributed by atoms with Gasteiger partial charge in [0.2, 0.25) is 5.91 Å². The average molecular weight is 574 g/mol. The smallest absolute Gasteiger partial charge is 0.335 e. The van der Waals surface area contributed by atoms with Crippen LogP contribution in [-0.2, 0) is 4.79 Å². The molecule has 0 aliphatic carbocycles. The number of benzene rings is 3. The SMILES string of the molecule is COc1ccc(OC)c(-c2cc(-c3ccccc3)nc(SCCC(=O)Nc3cc(C(=O)O)ccc3Cl)c2C#N)c1. The van der Waals surface area contributed by atoms with Crippen molar-refractivity contribution in [1.82, 2.24) is 4.98 Å². The molecule has 0 radical (unpaired) electrons. The number of carbonyl (C=O) groups is 2. The Morgan fingerprint density at radius 3 is 2.48 bits per heavy atom. The van der Waals surface area contributed by atoms with E-state index in [1.807, 2.05) is 36.4 Å². The number of carboxylic acids is 1. The lowest BCUT2D eigenvalue weighted by atomic mass is 9.98. The van der Waals surface area contributed by atoms with Gasteiger partial charge in [0.25, 0.3) is 0 Å². The van der Waals surface area contributed by atoms with Crippen LogP contribution in [0.5, 0.6) is 11.5 Å². The summed E-state index contributed by atoms with van der Waals surface area (Å²) < 4.78 is 11.0. The Morgan fingerprint density at radius 2 is 1.80 bits per heavy atom. The molecule has 1 heterocycles. The van der Waals surface area contributed by atoms with Crippen molar-refractivity contribution in [3.63, 3.8) is 0 Å². The topological polar surface area (TPSA) is 122 Å². The molecule has 4 aromatic rings. The summed E-state index contributed by atoms with van der Waals surface area (Å²) in [5.74, 6) is -0.00651. The van der Waals surface area contributed by atoms with Crippen molar-refractivity contribution in [2.24, 2.45) is 0 Å². The lowest BCUT2D eigenvalue weighted by Crippen LogP contribution is -2.13. The van der Waals surface area contributed by atoms with Gasteiger partial charge in [0, 0.05) is 28.9 Å². The third-order valence-electron chi connectivity index (χ3n) is 5.92. The monoisotopic (exact) mass is 573 g/mol. The molecule has 0 spiro atoms. The van der Waals surface area contributed by atoms with Crippen LogP contribution < -0.4 is 14.8 Å². The highest BCUT2D eigenvalue weighted by molar-refractivity contribution is 7.99. The van der Waals surface area contributed by atoms with Gasteiger partial charge < -0.3 is 19.9 Å². The van der Waals surface area contributed by atoms with Gasteiger partial charge in [-0.2, -0.15) is 5.26 Å². The number of nitriles is 1. The molecule has 0 unspecified atom stereocenters. The second-order valence-electron chi connectivity index (χ2n) is 8.43. The van der Waals surface area contributed by atoms with E-state index in [0.29, 0.717) is 44.7 Å². The molecule has 1 aromatic heterocycles. The lowest BCUT2D eigenvalue weighted by molar-refractivity contribution is -0.115. The van der Waals surface area contributed by atoms with E-state index in [2.05, 4.69) is 11.4 Å². The normalized spacial score (nSPS) is 10.4. The summed E-state index contributed by atoms with van der Waals surface area (Å²) >= 11 is 7.40. The van der Waals surface area contributed by atoms with E-state index in [1.165, 1.54) is 30.0 Å². The van der Waals surface area contributed by atoms with Crippen LogP contribution in [0.1, 0.15) is 22.3 Å². The zero-order valence-electron chi connectivity index (χ0n) is 21.6. The molecule has 0 saturated carbocycles. The van der Waals surface area contributed by atoms with E-state index in [-0.39, 0.29) is 28.6 Å². The summed E-state index contributed by atoms with van der Waals surface area (Å²) in [6.07, 6.45) is 0.0677. The zero-order chi connectivity index (χ0) is 28.6. The third kappa shape index (κ3) is 6.54. The number of ether oxygens (including phenoxy) is 2. The number of pyridine rings is 1. The molecule has 8 nitrogen and oxygen atoms in total. The lowest BCUT2D eigenvalue weighted by Gasteiger charge is -2.16. The molecule has 2 N–H and O–H groups in total. The van der Waals surface area contributed by atoms with Crippen LogP contribution in [0.3, 0.4) is 0 Å². The molecule has 0 bridgehead atoms. The van der Waals surface area contributed by atoms with E-state index in [4.69, 9.17) is 26.1 Å². The second kappa shape index (κ2) is 13.0. The quantitative estimate of drug-likeness (QED) is 0.199. The van der Waals surface area contributed by atoms with E-state index in [0.717, 1.165) is 5.56 Å². The Kier molecular flexibility index (Phi) is 9.27. The minimum absolute atomic E-state index is 0.00941. The molecule has 1 amide bonds. The van der Waals surface area contributed by atoms with Crippen LogP contribution in [0.15, 0.2) is 77.8 Å². The number of carbonyl (C=O) groups excluding carboxylic acids is 1. The summed E-state index contributed by atoms with van der Waals surface area (Å²) in [6.45, 7) is 0. The molecule has 4 rings (SSSR count). The maximum absolute atomic E-state index is 12.7. The maximum atomic E-state index is 12.7. The fourth-order valence-corrected chi connectivity index (χ4v) is 5.04. The van der Waals surface area contributed by atoms with Gasteiger partial charge in [0.05, 0.1) is 41.8 Å². The number of aromatic nitrogens is 1. The number of thioether (sulfide) groups is 1. The first kappa shape index (κ1) is 28.5. The van der Waals surface area contributed by atoms with Crippen molar-refractivity contribution in [2.45, 2.75) is 11.4 Å². The predicted octanol–water partition coefficient (Wildman–Crippen LogP) is 6.78. The van der Waals surface area contributed by atoms with Gasteiger partial charge in [-0.05, 0) is 42.5 Å². The number of hydrogen-bond donors (Lipinski definition) is 2. The number of rotatable bonds is 10. The highest BCUT2D eigenvalue weighted by atomic mass is 35.5. The first-order chi connectivity index (χ1) is 19.3. The molecular formula is C30H24ClN3O5S. The molecule has 202 valence electrons. The summed E-state index contributed by atoms with van der Waals surface area (Å²) in [5, 5.41) is 22.8. The molecule has 10 heteroatoms. The molecule has 0 aliphatic rings. The Labute approximate surface area is 240 Å². The van der Waals surface area contributed by atoms with Crippen molar-refractivity contribution in [3.05, 3.63) is 88.9 Å². The van der Waals surface area contributed by atoms with Crippen LogP contribution in [0.25, 0.3) is 22.4 Å². The minimum atomic E-state index is -1.13. The van der Waals surface area contributed by atoms with Crippen molar-refractivity contribution in [1.29, 1.82) is 5.26 Å². The zero-order valence-corrected chi connectivity index (χ0v) is 23.2. The van der Waals surface area contributed by atoms with Crippen LogP contribution in [0.4, 0.5) is 5.69 Å². The number of aromatic carboxylic acids is 1. The number of anilines is 1. The Bertz CT molecular complexity index is 1610. The van der Waals surface area contributed by atoms with Crippen LogP contribution in [-0.4, -0.2) is 41.9 Å². The summed E-state index contributed by atoms with van der Waals surface area (Å²) in [5.41, 5.74) is 3.38. The molecular weight excluding hydrogens is 550 g/mol. The van der Waals surface area contributed by atoms with Crippen molar-refractivity contribution in [2.75, 3.05) is 25.3 Å². The van der Waals surface area contributed by atoms with E-state index < -0.39 is 5.97 Å². The third-order valence-corrected chi connectivity index (χ3v) is 7.23. The maximum Gasteiger partial charge on any atom is 0.335 e. The Balaban J connectivity index is 1.65. The molecule has 0 saturated heterocycles. The molecule has 0 atom stereocenters. The highest BCUT2D eigenvalue weighted by Gasteiger charge is 2.20.